The number of para-hydroxylation sites is 1. The Morgan fingerprint density at radius 2 is 2.06 bits per heavy atom. The molecule has 94 valence electrons. The Hall–Kier alpha value is -1.22. The minimum Gasteiger partial charge on any atom is -0.493 e. The standard InChI is InChI=1S/C14H20O3/c1-10(2)17-13-11(9-14(15)7-8-14)5-4-6-12(13)16-3/h4-6,10,15H,7-9H2,1-3H3. The van der Waals surface area contributed by atoms with Crippen LogP contribution >= 0.6 is 0 Å². The highest BCUT2D eigenvalue weighted by molar-refractivity contribution is 5.47. The van der Waals surface area contributed by atoms with Gasteiger partial charge in [-0.3, -0.25) is 0 Å². The Labute approximate surface area is 102 Å². The van der Waals surface area contributed by atoms with Crippen LogP contribution < -0.4 is 9.47 Å². The van der Waals surface area contributed by atoms with Crippen LogP contribution in [0.5, 0.6) is 11.5 Å². The minimum atomic E-state index is -0.512. The highest BCUT2D eigenvalue weighted by Crippen LogP contribution is 2.42. The normalized spacial score (nSPS) is 17.0. The van der Waals surface area contributed by atoms with Crippen molar-refractivity contribution in [1.29, 1.82) is 0 Å². The molecule has 0 aromatic heterocycles. The van der Waals surface area contributed by atoms with Gasteiger partial charge in [0.2, 0.25) is 0 Å². The molecule has 0 saturated heterocycles. The fourth-order valence-corrected chi connectivity index (χ4v) is 1.91. The van der Waals surface area contributed by atoms with Gasteiger partial charge in [-0.1, -0.05) is 12.1 Å². The summed E-state index contributed by atoms with van der Waals surface area (Å²) in [6.07, 6.45) is 2.50. The Morgan fingerprint density at radius 1 is 1.35 bits per heavy atom. The highest BCUT2D eigenvalue weighted by Gasteiger charge is 2.41. The van der Waals surface area contributed by atoms with Gasteiger partial charge in [0.15, 0.2) is 11.5 Å². The Balaban J connectivity index is 2.28. The maximum absolute atomic E-state index is 10.0. The van der Waals surface area contributed by atoms with Crippen molar-refractivity contribution in [2.75, 3.05) is 7.11 Å². The van der Waals surface area contributed by atoms with Crippen molar-refractivity contribution in [3.05, 3.63) is 23.8 Å². The van der Waals surface area contributed by atoms with Crippen LogP contribution in [0.3, 0.4) is 0 Å². The molecule has 1 aromatic carbocycles. The van der Waals surface area contributed by atoms with E-state index in [2.05, 4.69) is 0 Å². The van der Waals surface area contributed by atoms with Crippen molar-refractivity contribution in [2.45, 2.75) is 44.8 Å². The van der Waals surface area contributed by atoms with Crippen molar-refractivity contribution in [3.63, 3.8) is 0 Å². The lowest BCUT2D eigenvalue weighted by Crippen LogP contribution is -2.14. The molecule has 3 heteroatoms. The van der Waals surface area contributed by atoms with E-state index in [1.54, 1.807) is 7.11 Å². The number of ether oxygens (including phenoxy) is 2. The average Bonchev–Trinajstić information content (AvgIpc) is 2.98. The van der Waals surface area contributed by atoms with Crippen molar-refractivity contribution in [1.82, 2.24) is 0 Å². The van der Waals surface area contributed by atoms with E-state index in [0.29, 0.717) is 6.42 Å². The molecule has 0 heterocycles. The predicted molar refractivity (Wildman–Crippen MR) is 66.6 cm³/mol. The summed E-state index contributed by atoms with van der Waals surface area (Å²) < 4.78 is 11.1. The second-order valence-corrected chi connectivity index (χ2v) is 5.02. The third-order valence-corrected chi connectivity index (χ3v) is 2.98. The second kappa shape index (κ2) is 4.57. The smallest absolute Gasteiger partial charge is 0.164 e. The average molecular weight is 236 g/mol. The van der Waals surface area contributed by atoms with Crippen molar-refractivity contribution in [3.8, 4) is 11.5 Å². The lowest BCUT2D eigenvalue weighted by Gasteiger charge is -2.18. The number of hydrogen-bond donors (Lipinski definition) is 1. The summed E-state index contributed by atoms with van der Waals surface area (Å²) in [4.78, 5) is 0. The first-order valence-corrected chi connectivity index (χ1v) is 6.09. The zero-order valence-corrected chi connectivity index (χ0v) is 10.7. The van der Waals surface area contributed by atoms with Gasteiger partial charge in [-0.25, -0.2) is 0 Å². The van der Waals surface area contributed by atoms with Gasteiger partial charge in [-0.05, 0) is 32.8 Å². The molecule has 0 atom stereocenters. The number of methoxy groups -OCH3 is 1. The Morgan fingerprint density at radius 3 is 2.59 bits per heavy atom. The monoisotopic (exact) mass is 236 g/mol. The molecule has 0 bridgehead atoms. The van der Waals surface area contributed by atoms with Gasteiger partial charge in [-0.2, -0.15) is 0 Å². The number of hydrogen-bond acceptors (Lipinski definition) is 3. The summed E-state index contributed by atoms with van der Waals surface area (Å²) >= 11 is 0. The van der Waals surface area contributed by atoms with Gasteiger partial charge in [0, 0.05) is 12.0 Å². The van der Waals surface area contributed by atoms with Gasteiger partial charge >= 0.3 is 0 Å². The van der Waals surface area contributed by atoms with Crippen LogP contribution in [0.4, 0.5) is 0 Å². The highest BCUT2D eigenvalue weighted by atomic mass is 16.5. The number of benzene rings is 1. The summed E-state index contributed by atoms with van der Waals surface area (Å²) in [5, 5.41) is 10.0. The third-order valence-electron chi connectivity index (χ3n) is 2.98. The molecule has 0 unspecified atom stereocenters. The Bertz CT molecular complexity index is 394. The topological polar surface area (TPSA) is 38.7 Å². The van der Waals surface area contributed by atoms with E-state index in [1.807, 2.05) is 32.0 Å². The maximum atomic E-state index is 10.0. The second-order valence-electron chi connectivity index (χ2n) is 5.02. The van der Waals surface area contributed by atoms with Crippen LogP contribution in [-0.2, 0) is 6.42 Å². The molecule has 1 aliphatic carbocycles. The van der Waals surface area contributed by atoms with Gasteiger partial charge in [-0.15, -0.1) is 0 Å². The molecule has 1 saturated carbocycles. The minimum absolute atomic E-state index is 0.0962. The van der Waals surface area contributed by atoms with Gasteiger partial charge in [0.25, 0.3) is 0 Å². The van der Waals surface area contributed by atoms with E-state index >= 15 is 0 Å². The first-order chi connectivity index (χ1) is 8.04. The lowest BCUT2D eigenvalue weighted by atomic mass is 10.0. The van der Waals surface area contributed by atoms with E-state index in [4.69, 9.17) is 9.47 Å². The van der Waals surface area contributed by atoms with Crippen LogP contribution in [-0.4, -0.2) is 23.9 Å². The van der Waals surface area contributed by atoms with Crippen LogP contribution in [0.1, 0.15) is 32.3 Å². The fourth-order valence-electron chi connectivity index (χ4n) is 1.91. The SMILES string of the molecule is COc1cccc(CC2(O)CC2)c1OC(C)C. The zero-order valence-electron chi connectivity index (χ0n) is 10.7. The summed E-state index contributed by atoms with van der Waals surface area (Å²) in [6.45, 7) is 3.98. The fraction of sp³-hybridized carbons (Fsp3) is 0.571. The van der Waals surface area contributed by atoms with E-state index in [-0.39, 0.29) is 6.10 Å². The quantitative estimate of drug-likeness (QED) is 0.854. The van der Waals surface area contributed by atoms with Crippen LogP contribution in [0, 0.1) is 0 Å². The first kappa shape index (κ1) is 12.2. The number of rotatable bonds is 5. The zero-order chi connectivity index (χ0) is 12.5. The third kappa shape index (κ3) is 2.91. The Kier molecular flexibility index (Phi) is 3.29. The van der Waals surface area contributed by atoms with E-state index in [1.165, 1.54) is 0 Å². The summed E-state index contributed by atoms with van der Waals surface area (Å²) in [5.41, 5.74) is 0.514. The maximum Gasteiger partial charge on any atom is 0.164 e. The van der Waals surface area contributed by atoms with Crippen LogP contribution in [0.15, 0.2) is 18.2 Å². The van der Waals surface area contributed by atoms with Crippen molar-refractivity contribution in [2.24, 2.45) is 0 Å². The number of aliphatic hydroxyl groups is 1. The lowest BCUT2D eigenvalue weighted by molar-refractivity contribution is 0.147. The van der Waals surface area contributed by atoms with E-state index in [9.17, 15) is 5.11 Å². The molecule has 0 spiro atoms. The summed E-state index contributed by atoms with van der Waals surface area (Å²) in [5.74, 6) is 1.51. The summed E-state index contributed by atoms with van der Waals surface area (Å²) in [7, 11) is 1.64. The molecular formula is C14H20O3. The van der Waals surface area contributed by atoms with Crippen molar-refractivity contribution < 1.29 is 14.6 Å². The van der Waals surface area contributed by atoms with Gasteiger partial charge in [0.1, 0.15) is 0 Å². The molecule has 1 aliphatic rings. The molecule has 1 fully saturated rings. The van der Waals surface area contributed by atoms with E-state index < -0.39 is 5.60 Å². The molecule has 0 aliphatic heterocycles. The van der Waals surface area contributed by atoms with Gasteiger partial charge in [0.05, 0.1) is 18.8 Å². The van der Waals surface area contributed by atoms with E-state index in [0.717, 1.165) is 29.9 Å². The molecule has 1 aromatic rings. The van der Waals surface area contributed by atoms with Gasteiger partial charge < -0.3 is 14.6 Å². The molecule has 17 heavy (non-hydrogen) atoms. The van der Waals surface area contributed by atoms with Crippen LogP contribution in [0.25, 0.3) is 0 Å². The predicted octanol–water partition coefficient (Wildman–Crippen LogP) is 2.55. The van der Waals surface area contributed by atoms with Crippen molar-refractivity contribution >= 4 is 0 Å². The summed E-state index contributed by atoms with van der Waals surface area (Å²) in [6, 6.07) is 5.82. The molecule has 1 N–H and O–H groups in total. The first-order valence-electron chi connectivity index (χ1n) is 6.09. The molecular weight excluding hydrogens is 216 g/mol. The molecule has 2 rings (SSSR count). The molecule has 3 nitrogen and oxygen atoms in total. The molecule has 0 radical (unpaired) electrons. The molecule has 0 amide bonds. The largest absolute Gasteiger partial charge is 0.493 e. The van der Waals surface area contributed by atoms with Crippen LogP contribution in [0.2, 0.25) is 0 Å².